The zero-order valence-corrected chi connectivity index (χ0v) is 12.5. The highest BCUT2D eigenvalue weighted by atomic mass is 19.1. The van der Waals surface area contributed by atoms with E-state index < -0.39 is 0 Å². The van der Waals surface area contributed by atoms with Gasteiger partial charge in [0.1, 0.15) is 17.2 Å². The Morgan fingerprint density at radius 2 is 2.00 bits per heavy atom. The van der Waals surface area contributed by atoms with Crippen molar-refractivity contribution in [2.24, 2.45) is 0 Å². The monoisotopic (exact) mass is 297 g/mol. The van der Waals surface area contributed by atoms with E-state index in [0.717, 1.165) is 16.8 Å². The molecule has 0 N–H and O–H groups in total. The van der Waals surface area contributed by atoms with Gasteiger partial charge in [0.05, 0.1) is 0 Å². The van der Waals surface area contributed by atoms with Gasteiger partial charge in [-0.05, 0) is 42.3 Å². The lowest BCUT2D eigenvalue weighted by Crippen LogP contribution is -2.26. The number of carbonyl (C=O) groups excluding carboxylic acids is 1. The fraction of sp³-hybridized carbons (Fsp3) is 0.176. The molecule has 0 saturated carbocycles. The second kappa shape index (κ2) is 5.60. The van der Waals surface area contributed by atoms with E-state index in [1.54, 1.807) is 30.3 Å². The zero-order valence-electron chi connectivity index (χ0n) is 12.5. The van der Waals surface area contributed by atoms with E-state index in [9.17, 15) is 9.18 Å². The molecule has 0 fully saturated rings. The minimum absolute atomic E-state index is 0.161. The molecule has 3 aromatic rings. The van der Waals surface area contributed by atoms with Gasteiger partial charge in [0, 0.05) is 26.0 Å². The van der Waals surface area contributed by atoms with E-state index in [2.05, 4.69) is 4.98 Å². The fourth-order valence-corrected chi connectivity index (χ4v) is 2.32. The fourth-order valence-electron chi connectivity index (χ4n) is 2.32. The first-order chi connectivity index (χ1) is 10.5. The van der Waals surface area contributed by atoms with Crippen LogP contribution in [-0.4, -0.2) is 27.2 Å². The van der Waals surface area contributed by atoms with Crippen molar-refractivity contribution < 1.29 is 9.18 Å². The summed E-state index contributed by atoms with van der Waals surface area (Å²) in [6.45, 7) is 2.39. The van der Waals surface area contributed by atoms with E-state index >= 15 is 0 Å². The van der Waals surface area contributed by atoms with Crippen molar-refractivity contribution in [3.8, 4) is 0 Å². The predicted octanol–water partition coefficient (Wildman–Crippen LogP) is 3.05. The van der Waals surface area contributed by atoms with Crippen molar-refractivity contribution in [3.63, 3.8) is 0 Å². The number of benzene rings is 1. The average Bonchev–Trinajstić information content (AvgIpc) is 2.91. The van der Waals surface area contributed by atoms with Crippen molar-refractivity contribution >= 4 is 11.6 Å². The molecular formula is C17H16FN3O. The van der Waals surface area contributed by atoms with Crippen LogP contribution in [0.25, 0.3) is 5.65 Å². The van der Waals surface area contributed by atoms with Crippen LogP contribution in [0.1, 0.15) is 21.6 Å². The molecule has 0 spiro atoms. The molecule has 0 aliphatic carbocycles. The molecule has 4 nitrogen and oxygen atoms in total. The first-order valence-corrected chi connectivity index (χ1v) is 6.98. The van der Waals surface area contributed by atoms with Crippen LogP contribution >= 0.6 is 0 Å². The number of pyridine rings is 1. The largest absolute Gasteiger partial charge is 0.336 e. The Kier molecular flexibility index (Phi) is 3.63. The number of hydrogen-bond donors (Lipinski definition) is 0. The van der Waals surface area contributed by atoms with Crippen LogP contribution in [0, 0.1) is 12.7 Å². The lowest BCUT2D eigenvalue weighted by molar-refractivity contribution is 0.0780. The SMILES string of the molecule is Cc1ccn2cc(C(=O)N(C)Cc3ccc(F)cc3)nc2c1. The van der Waals surface area contributed by atoms with Crippen LogP contribution in [0.5, 0.6) is 0 Å². The Morgan fingerprint density at radius 3 is 2.73 bits per heavy atom. The molecule has 22 heavy (non-hydrogen) atoms. The van der Waals surface area contributed by atoms with Crippen LogP contribution in [0.2, 0.25) is 0 Å². The summed E-state index contributed by atoms with van der Waals surface area (Å²) < 4.78 is 14.7. The minimum Gasteiger partial charge on any atom is -0.336 e. The molecule has 0 bridgehead atoms. The number of imidazole rings is 1. The minimum atomic E-state index is -0.284. The molecule has 0 atom stereocenters. The molecule has 2 aromatic heterocycles. The van der Waals surface area contributed by atoms with Gasteiger partial charge in [-0.1, -0.05) is 12.1 Å². The van der Waals surface area contributed by atoms with Crippen LogP contribution in [0.3, 0.4) is 0 Å². The molecule has 112 valence electrons. The summed E-state index contributed by atoms with van der Waals surface area (Å²) in [5.41, 5.74) is 3.11. The van der Waals surface area contributed by atoms with Crippen LogP contribution < -0.4 is 0 Å². The quantitative estimate of drug-likeness (QED) is 0.745. The maximum absolute atomic E-state index is 12.9. The summed E-state index contributed by atoms with van der Waals surface area (Å²) in [7, 11) is 1.71. The number of nitrogens with zero attached hydrogens (tertiary/aromatic N) is 3. The summed E-state index contributed by atoms with van der Waals surface area (Å²) in [5.74, 6) is -0.445. The van der Waals surface area contributed by atoms with Crippen molar-refractivity contribution in [2.75, 3.05) is 7.05 Å². The summed E-state index contributed by atoms with van der Waals surface area (Å²) >= 11 is 0. The molecule has 1 aromatic carbocycles. The smallest absolute Gasteiger partial charge is 0.274 e. The third-order valence-corrected chi connectivity index (χ3v) is 3.51. The summed E-state index contributed by atoms with van der Waals surface area (Å²) in [5, 5.41) is 0. The van der Waals surface area contributed by atoms with E-state index in [-0.39, 0.29) is 11.7 Å². The van der Waals surface area contributed by atoms with Gasteiger partial charge in [0.2, 0.25) is 0 Å². The van der Waals surface area contributed by atoms with Gasteiger partial charge in [0.15, 0.2) is 0 Å². The number of fused-ring (bicyclic) bond motifs is 1. The predicted molar refractivity (Wildman–Crippen MR) is 82.1 cm³/mol. The van der Waals surface area contributed by atoms with Crippen molar-refractivity contribution in [3.05, 3.63) is 71.4 Å². The van der Waals surface area contributed by atoms with Gasteiger partial charge in [-0.25, -0.2) is 9.37 Å². The number of aryl methyl sites for hydroxylation is 1. The van der Waals surface area contributed by atoms with E-state index in [1.165, 1.54) is 12.1 Å². The van der Waals surface area contributed by atoms with Crippen LogP contribution in [0.15, 0.2) is 48.8 Å². The standard InChI is InChI=1S/C17H16FN3O/c1-12-7-8-21-11-15(19-16(21)9-12)17(22)20(2)10-13-3-5-14(18)6-4-13/h3-9,11H,10H2,1-2H3. The molecule has 1 amide bonds. The van der Waals surface area contributed by atoms with Crippen molar-refractivity contribution in [1.82, 2.24) is 14.3 Å². The molecule has 5 heteroatoms. The Labute approximate surface area is 127 Å². The molecule has 3 rings (SSSR count). The lowest BCUT2D eigenvalue weighted by Gasteiger charge is -2.15. The second-order valence-corrected chi connectivity index (χ2v) is 5.38. The highest BCUT2D eigenvalue weighted by Crippen LogP contribution is 2.11. The third kappa shape index (κ3) is 2.83. The second-order valence-electron chi connectivity index (χ2n) is 5.38. The molecule has 0 aliphatic heterocycles. The van der Waals surface area contributed by atoms with Gasteiger partial charge in [0.25, 0.3) is 5.91 Å². The molecule has 0 saturated heterocycles. The molecule has 0 unspecified atom stereocenters. The number of aromatic nitrogens is 2. The first kappa shape index (κ1) is 14.3. The normalized spacial score (nSPS) is 10.9. The third-order valence-electron chi connectivity index (χ3n) is 3.51. The molecular weight excluding hydrogens is 281 g/mol. The molecule has 0 aliphatic rings. The number of hydrogen-bond acceptors (Lipinski definition) is 2. The number of rotatable bonds is 3. The van der Waals surface area contributed by atoms with E-state index in [1.807, 2.05) is 29.7 Å². The lowest BCUT2D eigenvalue weighted by atomic mass is 10.2. The number of amides is 1. The molecule has 2 heterocycles. The van der Waals surface area contributed by atoms with Crippen molar-refractivity contribution in [2.45, 2.75) is 13.5 Å². The maximum Gasteiger partial charge on any atom is 0.274 e. The van der Waals surface area contributed by atoms with Crippen LogP contribution in [-0.2, 0) is 6.54 Å². The highest BCUT2D eigenvalue weighted by Gasteiger charge is 2.15. The van der Waals surface area contributed by atoms with E-state index in [4.69, 9.17) is 0 Å². The Morgan fingerprint density at radius 1 is 1.27 bits per heavy atom. The first-order valence-electron chi connectivity index (χ1n) is 6.98. The van der Waals surface area contributed by atoms with E-state index in [0.29, 0.717) is 12.2 Å². The highest BCUT2D eigenvalue weighted by molar-refractivity contribution is 5.92. The summed E-state index contributed by atoms with van der Waals surface area (Å²) in [6, 6.07) is 10.0. The van der Waals surface area contributed by atoms with Gasteiger partial charge in [-0.3, -0.25) is 4.79 Å². The van der Waals surface area contributed by atoms with Gasteiger partial charge < -0.3 is 9.30 Å². The number of halogens is 1. The van der Waals surface area contributed by atoms with Gasteiger partial charge in [-0.2, -0.15) is 0 Å². The van der Waals surface area contributed by atoms with Crippen molar-refractivity contribution in [1.29, 1.82) is 0 Å². The summed E-state index contributed by atoms with van der Waals surface area (Å²) in [6.07, 6.45) is 3.60. The zero-order chi connectivity index (χ0) is 15.7. The van der Waals surface area contributed by atoms with Gasteiger partial charge >= 0.3 is 0 Å². The summed E-state index contributed by atoms with van der Waals surface area (Å²) in [4.78, 5) is 18.4. The van der Waals surface area contributed by atoms with Crippen LogP contribution in [0.4, 0.5) is 4.39 Å². The Balaban J connectivity index is 1.80. The average molecular weight is 297 g/mol. The Hall–Kier alpha value is -2.69. The topological polar surface area (TPSA) is 37.6 Å². The molecule has 0 radical (unpaired) electrons. The number of carbonyl (C=O) groups is 1. The maximum atomic E-state index is 12.9. The van der Waals surface area contributed by atoms with Gasteiger partial charge in [-0.15, -0.1) is 0 Å². The Bertz CT molecular complexity index is 824.